The second kappa shape index (κ2) is 5.83. The third-order valence-corrected chi connectivity index (χ3v) is 3.68. The van der Waals surface area contributed by atoms with Crippen molar-refractivity contribution in [2.75, 3.05) is 13.7 Å². The van der Waals surface area contributed by atoms with Crippen LogP contribution in [0, 0.1) is 16.7 Å². The van der Waals surface area contributed by atoms with Crippen LogP contribution in [-0.2, 0) is 0 Å². The zero-order chi connectivity index (χ0) is 14.6. The number of oxime groups is 1. The quantitative estimate of drug-likeness (QED) is 0.491. The molecule has 106 valence electrons. The maximum absolute atomic E-state index is 8.80. The van der Waals surface area contributed by atoms with Gasteiger partial charge in [-0.3, -0.25) is 0 Å². The van der Waals surface area contributed by atoms with E-state index < -0.39 is 0 Å². The monoisotopic (exact) mass is 274 g/mol. The number of ether oxygens (including phenoxy) is 2. The van der Waals surface area contributed by atoms with Crippen LogP contribution >= 0.6 is 0 Å². The molecule has 1 aliphatic rings. The molecule has 2 rings (SSSR count). The van der Waals surface area contributed by atoms with E-state index in [0.717, 1.165) is 18.4 Å². The minimum absolute atomic E-state index is 0.0287. The lowest BCUT2D eigenvalue weighted by atomic mass is 10.1. The van der Waals surface area contributed by atoms with E-state index in [4.69, 9.17) is 19.9 Å². The highest BCUT2D eigenvalue weighted by Crippen LogP contribution is 2.49. The molecular formula is C15H18N2O3. The first-order valence-corrected chi connectivity index (χ1v) is 6.51. The van der Waals surface area contributed by atoms with Crippen LogP contribution in [0.1, 0.15) is 31.7 Å². The third-order valence-electron chi connectivity index (χ3n) is 3.68. The molecular weight excluding hydrogens is 256 g/mol. The number of hydrogen-bond donors (Lipinski definition) is 1. The number of nitrogens with zero attached hydrogens (tertiary/aromatic N) is 2. The van der Waals surface area contributed by atoms with Crippen molar-refractivity contribution in [2.45, 2.75) is 26.2 Å². The first kappa shape index (κ1) is 14.2. The van der Waals surface area contributed by atoms with Gasteiger partial charge in [0.2, 0.25) is 0 Å². The number of benzene rings is 1. The average Bonchev–Trinajstić information content (AvgIpc) is 3.24. The minimum atomic E-state index is 0.0287. The number of nitriles is 1. The highest BCUT2D eigenvalue weighted by Gasteiger charge is 2.43. The Kier molecular flexibility index (Phi) is 4.14. The molecule has 0 atom stereocenters. The second-order valence-electron chi connectivity index (χ2n) is 5.17. The van der Waals surface area contributed by atoms with Gasteiger partial charge in [-0.15, -0.1) is 0 Å². The molecule has 5 heteroatoms. The first-order valence-electron chi connectivity index (χ1n) is 6.51. The fourth-order valence-corrected chi connectivity index (χ4v) is 2.02. The molecule has 20 heavy (non-hydrogen) atoms. The smallest absolute Gasteiger partial charge is 0.161 e. The molecule has 0 bridgehead atoms. The Hall–Kier alpha value is -2.22. The van der Waals surface area contributed by atoms with E-state index >= 15 is 0 Å². The summed E-state index contributed by atoms with van der Waals surface area (Å²) in [5.74, 6) is 1.24. The number of rotatable bonds is 6. The predicted molar refractivity (Wildman–Crippen MR) is 74.4 cm³/mol. The highest BCUT2D eigenvalue weighted by molar-refractivity contribution is 5.98. The van der Waals surface area contributed by atoms with Gasteiger partial charge in [-0.1, -0.05) is 5.16 Å². The Bertz CT molecular complexity index is 557. The van der Waals surface area contributed by atoms with Gasteiger partial charge >= 0.3 is 0 Å². The van der Waals surface area contributed by atoms with Crippen LogP contribution in [0.25, 0.3) is 0 Å². The molecule has 1 aromatic rings. The SMILES string of the molecule is COc1cc(C(C)=NO)ccc1OCC1(CC#N)CC1. The van der Waals surface area contributed by atoms with Crippen LogP contribution in [0.4, 0.5) is 0 Å². The fraction of sp³-hybridized carbons (Fsp3) is 0.467. The first-order chi connectivity index (χ1) is 9.64. The van der Waals surface area contributed by atoms with E-state index in [2.05, 4.69) is 11.2 Å². The Morgan fingerprint density at radius 2 is 2.20 bits per heavy atom. The Labute approximate surface area is 118 Å². The van der Waals surface area contributed by atoms with E-state index in [1.165, 1.54) is 0 Å². The normalized spacial score (nSPS) is 16.4. The molecule has 1 aromatic carbocycles. The molecule has 0 heterocycles. The summed E-state index contributed by atoms with van der Waals surface area (Å²) in [7, 11) is 1.57. The molecule has 0 spiro atoms. The molecule has 0 aliphatic heterocycles. The van der Waals surface area contributed by atoms with E-state index in [9.17, 15) is 0 Å². The van der Waals surface area contributed by atoms with Crippen molar-refractivity contribution in [1.29, 1.82) is 5.26 Å². The van der Waals surface area contributed by atoms with Crippen LogP contribution in [0.5, 0.6) is 11.5 Å². The van der Waals surface area contributed by atoms with Gasteiger partial charge in [0, 0.05) is 17.4 Å². The van der Waals surface area contributed by atoms with Crippen molar-refractivity contribution in [2.24, 2.45) is 10.6 Å². The maximum Gasteiger partial charge on any atom is 0.161 e. The summed E-state index contributed by atoms with van der Waals surface area (Å²) in [4.78, 5) is 0. The van der Waals surface area contributed by atoms with Crippen LogP contribution < -0.4 is 9.47 Å². The molecule has 0 saturated heterocycles. The van der Waals surface area contributed by atoms with Crippen molar-refractivity contribution in [1.82, 2.24) is 0 Å². The summed E-state index contributed by atoms with van der Waals surface area (Å²) in [5.41, 5.74) is 1.31. The summed E-state index contributed by atoms with van der Waals surface area (Å²) >= 11 is 0. The average molecular weight is 274 g/mol. The second-order valence-corrected chi connectivity index (χ2v) is 5.17. The van der Waals surface area contributed by atoms with Gasteiger partial charge in [-0.2, -0.15) is 5.26 Å². The number of methoxy groups -OCH3 is 1. The van der Waals surface area contributed by atoms with Crippen LogP contribution in [0.15, 0.2) is 23.4 Å². The minimum Gasteiger partial charge on any atom is -0.493 e. The van der Waals surface area contributed by atoms with E-state index in [0.29, 0.717) is 30.2 Å². The van der Waals surface area contributed by atoms with Crippen LogP contribution in [0.2, 0.25) is 0 Å². The lowest BCUT2D eigenvalue weighted by Crippen LogP contribution is -2.13. The molecule has 0 amide bonds. The van der Waals surface area contributed by atoms with E-state index in [-0.39, 0.29) is 5.41 Å². The largest absolute Gasteiger partial charge is 0.493 e. The van der Waals surface area contributed by atoms with Crippen molar-refractivity contribution < 1.29 is 14.7 Å². The van der Waals surface area contributed by atoms with Gasteiger partial charge in [0.1, 0.15) is 0 Å². The van der Waals surface area contributed by atoms with Crippen LogP contribution in [-0.4, -0.2) is 24.6 Å². The van der Waals surface area contributed by atoms with Crippen LogP contribution in [0.3, 0.4) is 0 Å². The van der Waals surface area contributed by atoms with Gasteiger partial charge < -0.3 is 14.7 Å². The van der Waals surface area contributed by atoms with Crippen molar-refractivity contribution >= 4 is 5.71 Å². The molecule has 1 N–H and O–H groups in total. The number of hydrogen-bond acceptors (Lipinski definition) is 5. The molecule has 1 fully saturated rings. The summed E-state index contributed by atoms with van der Waals surface area (Å²) in [6.07, 6.45) is 2.61. The summed E-state index contributed by atoms with van der Waals surface area (Å²) in [6.45, 7) is 2.24. The van der Waals surface area contributed by atoms with Crippen molar-refractivity contribution in [3.05, 3.63) is 23.8 Å². The van der Waals surface area contributed by atoms with Gasteiger partial charge in [0.15, 0.2) is 11.5 Å². The fourth-order valence-electron chi connectivity index (χ4n) is 2.02. The van der Waals surface area contributed by atoms with E-state index in [1.54, 1.807) is 26.2 Å². The topological polar surface area (TPSA) is 74.8 Å². The molecule has 1 saturated carbocycles. The van der Waals surface area contributed by atoms with E-state index in [1.807, 2.05) is 6.07 Å². The summed E-state index contributed by atoms with van der Waals surface area (Å²) in [6, 6.07) is 7.60. The molecule has 1 aliphatic carbocycles. The summed E-state index contributed by atoms with van der Waals surface area (Å²) in [5, 5.41) is 20.7. The zero-order valence-electron chi connectivity index (χ0n) is 11.7. The Morgan fingerprint density at radius 1 is 1.45 bits per heavy atom. The third kappa shape index (κ3) is 3.02. The highest BCUT2D eigenvalue weighted by atomic mass is 16.5. The predicted octanol–water partition coefficient (Wildman–Crippen LogP) is 2.97. The summed E-state index contributed by atoms with van der Waals surface area (Å²) < 4.78 is 11.1. The molecule has 0 radical (unpaired) electrons. The standard InChI is InChI=1S/C15H18N2O3/c1-11(17-18)12-3-4-13(14(9-12)19-2)20-10-15(5-6-15)7-8-16/h3-4,9,18H,5-7,10H2,1-2H3. The van der Waals surface area contributed by atoms with Gasteiger partial charge in [0.05, 0.1) is 25.5 Å². The van der Waals surface area contributed by atoms with Gasteiger partial charge in [0.25, 0.3) is 0 Å². The Balaban J connectivity index is 2.10. The molecule has 0 unspecified atom stereocenters. The maximum atomic E-state index is 8.80. The lowest BCUT2D eigenvalue weighted by molar-refractivity contribution is 0.227. The van der Waals surface area contributed by atoms with Crippen molar-refractivity contribution in [3.8, 4) is 17.6 Å². The lowest BCUT2D eigenvalue weighted by Gasteiger charge is -2.15. The Morgan fingerprint density at radius 3 is 2.75 bits per heavy atom. The van der Waals surface area contributed by atoms with Gasteiger partial charge in [-0.25, -0.2) is 0 Å². The van der Waals surface area contributed by atoms with Gasteiger partial charge in [-0.05, 0) is 38.0 Å². The molecule has 0 aromatic heterocycles. The van der Waals surface area contributed by atoms with Crippen molar-refractivity contribution in [3.63, 3.8) is 0 Å². The molecule has 5 nitrogen and oxygen atoms in total. The zero-order valence-corrected chi connectivity index (χ0v) is 11.7.